The molecule has 166 valence electrons. The topological polar surface area (TPSA) is 161 Å². The van der Waals surface area contributed by atoms with Crippen molar-refractivity contribution < 1.29 is 34.8 Å². The molecule has 1 saturated carbocycles. The van der Waals surface area contributed by atoms with E-state index in [4.69, 9.17) is 5.73 Å². The molecule has 1 unspecified atom stereocenters. The number of phenols is 1. The molecule has 1 aromatic carbocycles. The molecule has 1 amide bonds. The molecule has 31 heavy (non-hydrogen) atoms. The van der Waals surface area contributed by atoms with Crippen LogP contribution in [0.1, 0.15) is 35.2 Å². The smallest absolute Gasteiger partial charge is 0.255 e. The molecule has 3 aliphatic carbocycles. The monoisotopic (exact) mass is 430 g/mol. The number of ketones is 2. The average molecular weight is 430 g/mol. The minimum atomic E-state index is -2.29. The molecule has 0 heterocycles. The van der Waals surface area contributed by atoms with Crippen molar-refractivity contribution in [1.29, 1.82) is 0 Å². The highest BCUT2D eigenvalue weighted by Gasteiger charge is 2.66. The molecule has 0 aromatic heterocycles. The van der Waals surface area contributed by atoms with Crippen LogP contribution in [0.2, 0.25) is 0 Å². The molecular weight excluding hydrogens is 404 g/mol. The van der Waals surface area contributed by atoms with Crippen molar-refractivity contribution in [1.82, 2.24) is 4.90 Å². The molecule has 9 nitrogen and oxygen atoms in total. The van der Waals surface area contributed by atoms with Gasteiger partial charge >= 0.3 is 0 Å². The highest BCUT2D eigenvalue weighted by atomic mass is 16.3. The summed E-state index contributed by atoms with van der Waals surface area (Å²) in [5.74, 6) is -6.74. The lowest BCUT2D eigenvalue weighted by molar-refractivity contribution is -0.181. The molecular formula is C22H26N2O7. The summed E-state index contributed by atoms with van der Waals surface area (Å²) in [4.78, 5) is 39.9. The summed E-state index contributed by atoms with van der Waals surface area (Å²) in [7, 11) is 3.16. The van der Waals surface area contributed by atoms with Crippen molar-refractivity contribution in [2.24, 2.45) is 23.5 Å². The van der Waals surface area contributed by atoms with Crippen molar-refractivity contribution in [2.75, 3.05) is 14.1 Å². The van der Waals surface area contributed by atoms with Crippen LogP contribution >= 0.6 is 0 Å². The predicted octanol–water partition coefficient (Wildman–Crippen LogP) is -0.153. The number of amides is 1. The fourth-order valence-electron chi connectivity index (χ4n) is 6.02. The van der Waals surface area contributed by atoms with Crippen LogP contribution in [-0.2, 0) is 9.59 Å². The summed E-state index contributed by atoms with van der Waals surface area (Å²) in [6.07, 6.45) is -1.71. The molecule has 1 fully saturated rings. The number of fused-ring (bicyclic) bond motifs is 3. The van der Waals surface area contributed by atoms with Crippen molar-refractivity contribution in [3.05, 3.63) is 40.7 Å². The Morgan fingerprint density at radius 1 is 1.23 bits per heavy atom. The maximum absolute atomic E-state index is 13.3. The zero-order valence-electron chi connectivity index (χ0n) is 17.4. The second kappa shape index (κ2) is 6.88. The van der Waals surface area contributed by atoms with Gasteiger partial charge in [0.25, 0.3) is 5.91 Å². The Hall–Kier alpha value is -2.75. The van der Waals surface area contributed by atoms with E-state index in [1.165, 1.54) is 11.0 Å². The first-order valence-corrected chi connectivity index (χ1v) is 10.1. The Bertz CT molecular complexity index is 1030. The van der Waals surface area contributed by atoms with E-state index in [1.807, 2.05) is 6.92 Å². The van der Waals surface area contributed by atoms with Crippen LogP contribution in [0.3, 0.4) is 0 Å². The standard InChI is InChI=1S/C22H26N2O7/c1-8-9-5-4-6-11(25)13(9)17(26)10-7-22(31)15(18(27)12(8)10)16(24(2)3)19(28)14(20(22)29)21(23)30/h4-6,8,10,12,15-16,18,25,27-28,31H,7H2,1-3H3,(H2,23,30)/t8-,10?,12+,15+,16-,18-,22-/m0/s1. The van der Waals surface area contributed by atoms with Gasteiger partial charge in [-0.05, 0) is 38.1 Å². The number of Topliss-reactive ketones (excluding diaryl/α,β-unsaturated/α-hetero) is 2. The van der Waals surface area contributed by atoms with Crippen LogP contribution in [0.5, 0.6) is 5.75 Å². The molecule has 3 aliphatic rings. The van der Waals surface area contributed by atoms with Crippen LogP contribution in [0.25, 0.3) is 0 Å². The Labute approximate surface area is 178 Å². The Morgan fingerprint density at radius 3 is 2.45 bits per heavy atom. The molecule has 6 N–H and O–H groups in total. The summed E-state index contributed by atoms with van der Waals surface area (Å²) in [5, 5.41) is 44.0. The maximum Gasteiger partial charge on any atom is 0.255 e. The van der Waals surface area contributed by atoms with Crippen molar-refractivity contribution in [3.8, 4) is 5.75 Å². The molecule has 0 spiro atoms. The third-order valence-corrected chi connectivity index (χ3v) is 7.33. The number of phenolic OH excluding ortho intramolecular Hbond substituents is 1. The molecule has 4 rings (SSSR count). The average Bonchev–Trinajstić information content (AvgIpc) is 2.67. The number of carbonyl (C=O) groups is 3. The Kier molecular flexibility index (Phi) is 4.77. The van der Waals surface area contributed by atoms with Gasteiger partial charge in [-0.15, -0.1) is 0 Å². The highest BCUT2D eigenvalue weighted by molar-refractivity contribution is 6.23. The molecule has 0 bridgehead atoms. The van der Waals surface area contributed by atoms with Crippen molar-refractivity contribution >= 4 is 17.5 Å². The van der Waals surface area contributed by atoms with E-state index in [0.29, 0.717) is 5.56 Å². The zero-order valence-corrected chi connectivity index (χ0v) is 17.4. The summed E-state index contributed by atoms with van der Waals surface area (Å²) < 4.78 is 0. The van der Waals surface area contributed by atoms with Crippen LogP contribution in [-0.4, -0.2) is 74.6 Å². The number of aliphatic hydroxyl groups excluding tert-OH is 2. The second-order valence-electron chi connectivity index (χ2n) is 9.08. The van der Waals surface area contributed by atoms with E-state index < -0.39 is 64.3 Å². The Balaban J connectivity index is 1.92. The first-order valence-electron chi connectivity index (χ1n) is 10.1. The van der Waals surface area contributed by atoms with Gasteiger partial charge in [-0.3, -0.25) is 19.3 Å². The van der Waals surface area contributed by atoms with Gasteiger partial charge in [0.05, 0.1) is 17.7 Å². The number of aliphatic hydroxyl groups is 3. The quantitative estimate of drug-likeness (QED) is 0.405. The highest BCUT2D eigenvalue weighted by Crippen LogP contribution is 2.56. The van der Waals surface area contributed by atoms with E-state index in [-0.39, 0.29) is 23.7 Å². The third kappa shape index (κ3) is 2.70. The van der Waals surface area contributed by atoms with Gasteiger partial charge in [-0.1, -0.05) is 19.1 Å². The molecule has 1 aromatic rings. The SMILES string of the molecule is C[C@H]1c2cccc(O)c2C(=O)C2C[C@@]3(O)C(=O)C(C(N)=O)=C(O)[C@@H](N(C)C)[C@@H]3[C@@H](O)[C@@H]21. The number of hydrogen-bond donors (Lipinski definition) is 5. The number of nitrogens with two attached hydrogens (primary N) is 1. The second-order valence-corrected chi connectivity index (χ2v) is 9.08. The number of benzene rings is 1. The van der Waals surface area contributed by atoms with Crippen molar-refractivity contribution in [3.63, 3.8) is 0 Å². The molecule has 0 radical (unpaired) electrons. The summed E-state index contributed by atoms with van der Waals surface area (Å²) in [5.41, 5.74) is 3.01. The number of hydrogen-bond acceptors (Lipinski definition) is 8. The molecule has 9 heteroatoms. The van der Waals surface area contributed by atoms with Crippen LogP contribution < -0.4 is 5.73 Å². The largest absolute Gasteiger partial charge is 0.510 e. The van der Waals surface area contributed by atoms with Gasteiger partial charge in [0.15, 0.2) is 5.78 Å². The minimum absolute atomic E-state index is 0.117. The maximum atomic E-state index is 13.3. The van der Waals surface area contributed by atoms with Gasteiger partial charge in [0.2, 0.25) is 5.78 Å². The van der Waals surface area contributed by atoms with Crippen molar-refractivity contribution in [2.45, 2.75) is 37.0 Å². The third-order valence-electron chi connectivity index (χ3n) is 7.33. The normalized spacial score (nSPS) is 37.4. The summed E-state index contributed by atoms with van der Waals surface area (Å²) in [6.45, 7) is 1.82. The zero-order chi connectivity index (χ0) is 23.0. The Morgan fingerprint density at radius 2 is 1.87 bits per heavy atom. The van der Waals surface area contributed by atoms with Crippen LogP contribution in [0.15, 0.2) is 29.5 Å². The summed E-state index contributed by atoms with van der Waals surface area (Å²) in [6, 6.07) is 3.65. The van der Waals surface area contributed by atoms with Gasteiger partial charge in [-0.2, -0.15) is 0 Å². The number of nitrogens with zero attached hydrogens (tertiary/aromatic N) is 1. The number of likely N-dealkylation sites (N-methyl/N-ethyl adjacent to an activating group) is 1. The number of aromatic hydroxyl groups is 1. The summed E-state index contributed by atoms with van der Waals surface area (Å²) >= 11 is 0. The van der Waals surface area contributed by atoms with Gasteiger partial charge in [0.1, 0.15) is 22.7 Å². The van der Waals surface area contributed by atoms with Gasteiger partial charge in [0, 0.05) is 17.8 Å². The van der Waals surface area contributed by atoms with E-state index >= 15 is 0 Å². The number of carbonyl (C=O) groups excluding carboxylic acids is 3. The van der Waals surface area contributed by atoms with E-state index in [2.05, 4.69) is 0 Å². The first kappa shape index (κ1) is 21.5. The fraction of sp³-hybridized carbons (Fsp3) is 0.500. The lowest BCUT2D eigenvalue weighted by Gasteiger charge is -2.56. The molecule has 0 aliphatic heterocycles. The van der Waals surface area contributed by atoms with Crippen LogP contribution in [0.4, 0.5) is 0 Å². The van der Waals surface area contributed by atoms with Gasteiger partial charge < -0.3 is 26.2 Å². The lowest BCUT2D eigenvalue weighted by Crippen LogP contribution is -2.69. The van der Waals surface area contributed by atoms with E-state index in [0.717, 1.165) is 0 Å². The van der Waals surface area contributed by atoms with E-state index in [9.17, 15) is 34.8 Å². The first-order chi connectivity index (χ1) is 14.4. The number of rotatable bonds is 2. The van der Waals surface area contributed by atoms with Gasteiger partial charge in [-0.25, -0.2) is 0 Å². The minimum Gasteiger partial charge on any atom is -0.510 e. The number of primary amides is 1. The van der Waals surface area contributed by atoms with E-state index in [1.54, 1.807) is 26.2 Å². The fourth-order valence-corrected chi connectivity index (χ4v) is 6.02. The molecule has 0 saturated heterocycles. The van der Waals surface area contributed by atoms with Crippen LogP contribution in [0, 0.1) is 17.8 Å². The molecule has 7 atom stereocenters. The lowest BCUT2D eigenvalue weighted by atomic mass is 9.51. The predicted molar refractivity (Wildman–Crippen MR) is 108 cm³/mol.